The molecule has 1 aliphatic rings. The van der Waals surface area contributed by atoms with Gasteiger partial charge in [0.2, 0.25) is 0 Å². The molecule has 3 heteroatoms. The molecule has 2 heterocycles. The van der Waals surface area contributed by atoms with E-state index in [9.17, 15) is 0 Å². The highest BCUT2D eigenvalue weighted by Crippen LogP contribution is 2.38. The quantitative estimate of drug-likeness (QED) is 0.664. The standard InChI is InChI=1S/C17H14O2S/c1-4-8-16-12(5-1)9-17(20-16)14-6-2-3-7-15(14)19-11-13-10-18-13/h1-9,13H,10-11H2/t13-/m1/s1. The average Bonchev–Trinajstić information content (AvgIpc) is 3.22. The van der Waals surface area contributed by atoms with Crippen LogP contribution in [0, 0.1) is 0 Å². The predicted octanol–water partition coefficient (Wildman–Crippen LogP) is 4.35. The van der Waals surface area contributed by atoms with E-state index in [0.717, 1.165) is 17.9 Å². The van der Waals surface area contributed by atoms with Gasteiger partial charge >= 0.3 is 0 Å². The molecule has 0 spiro atoms. The van der Waals surface area contributed by atoms with Gasteiger partial charge in [0.1, 0.15) is 18.5 Å². The molecule has 4 rings (SSSR count). The lowest BCUT2D eigenvalue weighted by Crippen LogP contribution is -2.04. The summed E-state index contributed by atoms with van der Waals surface area (Å²) in [6, 6.07) is 18.9. The van der Waals surface area contributed by atoms with Crippen LogP contribution in [0.15, 0.2) is 54.6 Å². The minimum absolute atomic E-state index is 0.283. The SMILES string of the molecule is c1ccc(-c2cc3ccccc3s2)c(OC[C@H]2CO2)c1. The van der Waals surface area contributed by atoms with Crippen molar-refractivity contribution >= 4 is 21.4 Å². The van der Waals surface area contributed by atoms with Crippen molar-refractivity contribution in [1.29, 1.82) is 0 Å². The third-order valence-corrected chi connectivity index (χ3v) is 4.55. The number of rotatable bonds is 4. The van der Waals surface area contributed by atoms with Gasteiger partial charge in [-0.05, 0) is 29.7 Å². The zero-order chi connectivity index (χ0) is 13.4. The van der Waals surface area contributed by atoms with Crippen molar-refractivity contribution in [3.05, 3.63) is 54.6 Å². The fourth-order valence-electron chi connectivity index (χ4n) is 2.26. The van der Waals surface area contributed by atoms with E-state index in [1.807, 2.05) is 12.1 Å². The number of benzene rings is 2. The molecule has 0 radical (unpaired) electrons. The number of ether oxygens (including phenoxy) is 2. The molecule has 0 saturated carbocycles. The summed E-state index contributed by atoms with van der Waals surface area (Å²) >= 11 is 1.80. The highest BCUT2D eigenvalue weighted by atomic mass is 32.1. The van der Waals surface area contributed by atoms with Gasteiger partial charge in [0.25, 0.3) is 0 Å². The molecule has 1 saturated heterocycles. The third-order valence-electron chi connectivity index (χ3n) is 3.41. The van der Waals surface area contributed by atoms with Crippen LogP contribution < -0.4 is 4.74 Å². The Balaban J connectivity index is 1.72. The normalized spacial score (nSPS) is 17.3. The second kappa shape index (κ2) is 4.93. The summed E-state index contributed by atoms with van der Waals surface area (Å²) in [5.74, 6) is 0.939. The van der Waals surface area contributed by atoms with Gasteiger partial charge in [0.15, 0.2) is 0 Å². The molecule has 0 bridgehead atoms. The van der Waals surface area contributed by atoms with Crippen LogP contribution in [0.3, 0.4) is 0 Å². The van der Waals surface area contributed by atoms with Crippen LogP contribution in [-0.2, 0) is 4.74 Å². The Morgan fingerprint density at radius 2 is 1.90 bits per heavy atom. The molecular weight excluding hydrogens is 268 g/mol. The van der Waals surface area contributed by atoms with Gasteiger partial charge in [-0.15, -0.1) is 11.3 Å². The minimum atomic E-state index is 0.283. The van der Waals surface area contributed by atoms with Crippen LogP contribution in [-0.4, -0.2) is 19.3 Å². The van der Waals surface area contributed by atoms with Gasteiger partial charge in [-0.1, -0.05) is 30.3 Å². The van der Waals surface area contributed by atoms with E-state index >= 15 is 0 Å². The molecule has 1 aromatic heterocycles. The Bertz CT molecular complexity index is 710. The number of hydrogen-bond donors (Lipinski definition) is 0. The van der Waals surface area contributed by atoms with E-state index in [-0.39, 0.29) is 6.10 Å². The minimum Gasteiger partial charge on any atom is -0.490 e. The Labute approximate surface area is 121 Å². The molecule has 2 nitrogen and oxygen atoms in total. The van der Waals surface area contributed by atoms with Gasteiger partial charge in [0, 0.05) is 15.1 Å². The van der Waals surface area contributed by atoms with Crippen molar-refractivity contribution in [3.8, 4) is 16.2 Å². The van der Waals surface area contributed by atoms with Crippen LogP contribution in [0.2, 0.25) is 0 Å². The van der Waals surface area contributed by atoms with Crippen LogP contribution in [0.25, 0.3) is 20.5 Å². The number of epoxide rings is 1. The maximum atomic E-state index is 5.89. The first-order valence-electron chi connectivity index (χ1n) is 6.72. The van der Waals surface area contributed by atoms with E-state index in [1.165, 1.54) is 15.0 Å². The highest BCUT2D eigenvalue weighted by molar-refractivity contribution is 7.22. The lowest BCUT2D eigenvalue weighted by atomic mass is 10.1. The molecule has 0 aliphatic carbocycles. The fourth-order valence-corrected chi connectivity index (χ4v) is 3.35. The zero-order valence-electron chi connectivity index (χ0n) is 10.9. The monoisotopic (exact) mass is 282 g/mol. The van der Waals surface area contributed by atoms with Crippen molar-refractivity contribution in [1.82, 2.24) is 0 Å². The van der Waals surface area contributed by atoms with Crippen molar-refractivity contribution in [3.63, 3.8) is 0 Å². The van der Waals surface area contributed by atoms with Crippen molar-refractivity contribution in [2.75, 3.05) is 13.2 Å². The largest absolute Gasteiger partial charge is 0.490 e. The number of para-hydroxylation sites is 1. The average molecular weight is 282 g/mol. The van der Waals surface area contributed by atoms with Crippen molar-refractivity contribution in [2.45, 2.75) is 6.10 Å². The maximum Gasteiger partial charge on any atom is 0.128 e. The summed E-state index contributed by atoms with van der Waals surface area (Å²) in [4.78, 5) is 1.25. The smallest absolute Gasteiger partial charge is 0.128 e. The molecule has 0 unspecified atom stereocenters. The van der Waals surface area contributed by atoms with Gasteiger partial charge in [-0.2, -0.15) is 0 Å². The Kier molecular flexibility index (Phi) is 2.94. The molecule has 100 valence electrons. The van der Waals surface area contributed by atoms with Gasteiger partial charge in [-0.3, -0.25) is 0 Å². The zero-order valence-corrected chi connectivity index (χ0v) is 11.7. The molecule has 20 heavy (non-hydrogen) atoms. The molecule has 0 amide bonds. The second-order valence-corrected chi connectivity index (χ2v) is 5.99. The lowest BCUT2D eigenvalue weighted by Gasteiger charge is -2.08. The number of fused-ring (bicyclic) bond motifs is 1. The predicted molar refractivity (Wildman–Crippen MR) is 82.5 cm³/mol. The summed E-state index contributed by atoms with van der Waals surface area (Å²) in [6.45, 7) is 1.47. The molecule has 3 aromatic rings. The lowest BCUT2D eigenvalue weighted by molar-refractivity contribution is 0.264. The molecule has 1 aliphatic heterocycles. The number of thiophene rings is 1. The van der Waals surface area contributed by atoms with Crippen LogP contribution in [0.1, 0.15) is 0 Å². The van der Waals surface area contributed by atoms with Gasteiger partial charge in [-0.25, -0.2) is 0 Å². The van der Waals surface area contributed by atoms with Crippen LogP contribution in [0.5, 0.6) is 5.75 Å². The van der Waals surface area contributed by atoms with Crippen molar-refractivity contribution in [2.24, 2.45) is 0 Å². The van der Waals surface area contributed by atoms with E-state index < -0.39 is 0 Å². The summed E-state index contributed by atoms with van der Waals surface area (Å²) < 4.78 is 12.4. The fraction of sp³-hybridized carbons (Fsp3) is 0.176. The summed E-state index contributed by atoms with van der Waals surface area (Å²) in [7, 11) is 0. The highest BCUT2D eigenvalue weighted by Gasteiger charge is 2.23. The Morgan fingerprint density at radius 3 is 2.75 bits per heavy atom. The first kappa shape index (κ1) is 11.9. The molecule has 1 fully saturated rings. The molecule has 2 aromatic carbocycles. The van der Waals surface area contributed by atoms with Crippen LogP contribution >= 0.6 is 11.3 Å². The van der Waals surface area contributed by atoms with Gasteiger partial charge in [0.05, 0.1) is 6.61 Å². The Hall–Kier alpha value is -1.84. The van der Waals surface area contributed by atoms with E-state index in [1.54, 1.807) is 11.3 Å². The van der Waals surface area contributed by atoms with E-state index in [0.29, 0.717) is 6.61 Å². The summed E-state index contributed by atoms with van der Waals surface area (Å²) in [5.41, 5.74) is 1.16. The maximum absolute atomic E-state index is 5.89. The molecule has 1 atom stereocenters. The molecular formula is C17H14O2S. The first-order valence-corrected chi connectivity index (χ1v) is 7.54. The Morgan fingerprint density at radius 1 is 1.10 bits per heavy atom. The summed E-state index contributed by atoms with van der Waals surface area (Å²) in [5, 5.41) is 1.29. The van der Waals surface area contributed by atoms with Gasteiger partial charge < -0.3 is 9.47 Å². The van der Waals surface area contributed by atoms with Crippen LogP contribution in [0.4, 0.5) is 0 Å². The third kappa shape index (κ3) is 2.30. The van der Waals surface area contributed by atoms with E-state index in [2.05, 4.69) is 42.5 Å². The van der Waals surface area contributed by atoms with E-state index in [4.69, 9.17) is 9.47 Å². The topological polar surface area (TPSA) is 21.8 Å². The second-order valence-electron chi connectivity index (χ2n) is 4.91. The first-order chi connectivity index (χ1) is 9.90. The summed E-state index contributed by atoms with van der Waals surface area (Å²) in [6.07, 6.45) is 0.283. The molecule has 0 N–H and O–H groups in total. The number of hydrogen-bond acceptors (Lipinski definition) is 3. The van der Waals surface area contributed by atoms with Crippen molar-refractivity contribution < 1.29 is 9.47 Å².